The van der Waals surface area contributed by atoms with E-state index < -0.39 is 11.0 Å². The van der Waals surface area contributed by atoms with Crippen molar-refractivity contribution in [1.82, 2.24) is 5.32 Å². The lowest BCUT2D eigenvalue weighted by Gasteiger charge is -2.08. The van der Waals surface area contributed by atoms with Gasteiger partial charge in [-0.05, 0) is 42.0 Å². The lowest BCUT2D eigenvalue weighted by molar-refractivity contribution is -0.384. The van der Waals surface area contributed by atoms with Crippen LogP contribution in [-0.2, 0) is 6.54 Å². The van der Waals surface area contributed by atoms with Crippen LogP contribution in [0.25, 0.3) is 10.4 Å². The minimum atomic E-state index is -0.672. The maximum Gasteiger partial charge on any atom is 0.269 e. The average Bonchev–Trinajstić information content (AvgIpc) is 3.27. The zero-order chi connectivity index (χ0) is 16.9. The van der Waals surface area contributed by atoms with E-state index in [4.69, 9.17) is 4.42 Å². The first-order chi connectivity index (χ1) is 11.6. The zero-order valence-electron chi connectivity index (χ0n) is 12.7. The number of nitro groups is 1. The molecule has 1 aromatic carbocycles. The second kappa shape index (κ2) is 7.39. The van der Waals surface area contributed by atoms with E-state index in [1.165, 1.54) is 18.4 Å². The molecule has 1 unspecified atom stereocenters. The molecule has 6 nitrogen and oxygen atoms in total. The molecule has 3 aromatic rings. The van der Waals surface area contributed by atoms with Gasteiger partial charge in [-0.25, -0.2) is 0 Å². The fraction of sp³-hybridized carbons (Fsp3) is 0.176. The van der Waals surface area contributed by atoms with Gasteiger partial charge >= 0.3 is 0 Å². The Kier molecular flexibility index (Phi) is 5.05. The number of nitrogens with zero attached hydrogens (tertiary/aromatic N) is 1. The van der Waals surface area contributed by atoms with Gasteiger partial charge in [0.05, 0.1) is 11.2 Å². The van der Waals surface area contributed by atoms with Crippen LogP contribution in [0.3, 0.4) is 0 Å². The normalized spacial score (nSPS) is 12.2. The summed E-state index contributed by atoms with van der Waals surface area (Å²) in [4.78, 5) is 12.4. The van der Waals surface area contributed by atoms with Crippen molar-refractivity contribution in [2.24, 2.45) is 0 Å². The lowest BCUT2D eigenvalue weighted by atomic mass is 10.2. The summed E-state index contributed by atoms with van der Waals surface area (Å²) < 4.78 is 5.15. The fourth-order valence-electron chi connectivity index (χ4n) is 2.29. The molecule has 0 bridgehead atoms. The van der Waals surface area contributed by atoms with Crippen LogP contribution in [0.4, 0.5) is 5.69 Å². The molecule has 2 aromatic heterocycles. The molecule has 7 heteroatoms. The molecule has 0 spiro atoms. The number of rotatable bonds is 7. The number of aliphatic hydroxyl groups is 1. The van der Waals surface area contributed by atoms with Crippen molar-refractivity contribution >= 4 is 17.0 Å². The quantitative estimate of drug-likeness (QED) is 0.503. The monoisotopic (exact) mass is 344 g/mol. The van der Waals surface area contributed by atoms with E-state index in [2.05, 4.69) is 5.32 Å². The first kappa shape index (κ1) is 16.4. The standard InChI is InChI=1S/C17H16N2O4S/c20-15(16-2-1-9-23-16)11-18-10-14-7-8-17(24-14)12-3-5-13(6-4-12)19(21)22/h1-9,15,18,20H,10-11H2. The molecule has 0 saturated heterocycles. The molecular formula is C17H16N2O4S. The van der Waals surface area contributed by atoms with Crippen molar-refractivity contribution in [3.63, 3.8) is 0 Å². The van der Waals surface area contributed by atoms with E-state index in [0.717, 1.165) is 15.3 Å². The Balaban J connectivity index is 1.56. The zero-order valence-corrected chi connectivity index (χ0v) is 13.5. The van der Waals surface area contributed by atoms with Crippen molar-refractivity contribution in [1.29, 1.82) is 0 Å². The highest BCUT2D eigenvalue weighted by Crippen LogP contribution is 2.29. The number of thiophene rings is 1. The Bertz CT molecular complexity index is 796. The fourth-order valence-corrected chi connectivity index (χ4v) is 3.27. The third-order valence-corrected chi connectivity index (χ3v) is 4.67. The number of aliphatic hydroxyl groups excluding tert-OH is 1. The minimum absolute atomic E-state index is 0.0871. The number of furan rings is 1. The highest BCUT2D eigenvalue weighted by molar-refractivity contribution is 7.15. The number of non-ortho nitro benzene ring substituents is 1. The van der Waals surface area contributed by atoms with Crippen molar-refractivity contribution in [3.8, 4) is 10.4 Å². The summed E-state index contributed by atoms with van der Waals surface area (Å²) in [5.41, 5.74) is 1.04. The molecule has 1 atom stereocenters. The molecule has 0 aliphatic carbocycles. The third kappa shape index (κ3) is 3.88. The minimum Gasteiger partial charge on any atom is -0.467 e. The van der Waals surface area contributed by atoms with E-state index in [0.29, 0.717) is 18.8 Å². The van der Waals surface area contributed by atoms with Crippen LogP contribution in [-0.4, -0.2) is 16.6 Å². The number of hydrogen-bond acceptors (Lipinski definition) is 6. The van der Waals surface area contributed by atoms with Gasteiger partial charge in [0.25, 0.3) is 5.69 Å². The van der Waals surface area contributed by atoms with E-state index in [-0.39, 0.29) is 5.69 Å². The average molecular weight is 344 g/mol. The molecule has 0 amide bonds. The molecule has 0 aliphatic heterocycles. The van der Waals surface area contributed by atoms with Crippen LogP contribution < -0.4 is 5.32 Å². The topological polar surface area (TPSA) is 88.5 Å². The highest BCUT2D eigenvalue weighted by Gasteiger charge is 2.10. The highest BCUT2D eigenvalue weighted by atomic mass is 32.1. The smallest absolute Gasteiger partial charge is 0.269 e. The maximum atomic E-state index is 10.7. The molecule has 0 saturated carbocycles. The number of nitrogens with one attached hydrogen (secondary N) is 1. The van der Waals surface area contributed by atoms with Gasteiger partial charge in [-0.1, -0.05) is 0 Å². The summed E-state index contributed by atoms with van der Waals surface area (Å²) in [6.45, 7) is 1.04. The summed E-state index contributed by atoms with van der Waals surface area (Å²) in [7, 11) is 0. The van der Waals surface area contributed by atoms with Gasteiger partial charge < -0.3 is 14.8 Å². The molecule has 0 fully saturated rings. The summed E-state index contributed by atoms with van der Waals surface area (Å²) in [5, 5.41) is 23.8. The molecule has 3 rings (SSSR count). The first-order valence-electron chi connectivity index (χ1n) is 7.39. The molecule has 0 radical (unpaired) electrons. The molecule has 2 heterocycles. The van der Waals surface area contributed by atoms with Crippen LogP contribution in [0.1, 0.15) is 16.7 Å². The summed E-state index contributed by atoms with van der Waals surface area (Å²) in [5.74, 6) is 0.542. The maximum absolute atomic E-state index is 10.7. The summed E-state index contributed by atoms with van der Waals surface area (Å²) in [6, 6.07) is 14.0. The SMILES string of the molecule is O=[N+]([O-])c1ccc(-c2ccc(CNCC(O)c3ccco3)s2)cc1. The van der Waals surface area contributed by atoms with Gasteiger partial charge in [0.1, 0.15) is 11.9 Å². The molecule has 0 aliphatic rings. The van der Waals surface area contributed by atoms with Crippen molar-refractivity contribution in [2.45, 2.75) is 12.6 Å². The van der Waals surface area contributed by atoms with Gasteiger partial charge in [-0.15, -0.1) is 11.3 Å². The Morgan fingerprint density at radius 1 is 1.21 bits per heavy atom. The predicted octanol–water partition coefficient (Wildman–Crippen LogP) is 3.74. The van der Waals surface area contributed by atoms with E-state index in [1.807, 2.05) is 12.1 Å². The second-order valence-electron chi connectivity index (χ2n) is 5.23. The van der Waals surface area contributed by atoms with Gasteiger partial charge in [-0.2, -0.15) is 0 Å². The lowest BCUT2D eigenvalue weighted by Crippen LogP contribution is -2.20. The largest absolute Gasteiger partial charge is 0.467 e. The van der Waals surface area contributed by atoms with E-state index in [1.54, 1.807) is 35.6 Å². The number of hydrogen-bond donors (Lipinski definition) is 2. The Morgan fingerprint density at radius 3 is 2.67 bits per heavy atom. The van der Waals surface area contributed by atoms with Gasteiger partial charge in [0, 0.05) is 35.0 Å². The second-order valence-corrected chi connectivity index (χ2v) is 6.40. The molecular weight excluding hydrogens is 328 g/mol. The van der Waals surface area contributed by atoms with Gasteiger partial charge in [-0.3, -0.25) is 10.1 Å². The van der Waals surface area contributed by atoms with Crippen LogP contribution in [0.5, 0.6) is 0 Å². The predicted molar refractivity (Wildman–Crippen MR) is 91.8 cm³/mol. The summed E-state index contributed by atoms with van der Waals surface area (Å²) in [6.07, 6.45) is 0.864. The van der Waals surface area contributed by atoms with Crippen molar-refractivity contribution < 1.29 is 14.4 Å². The van der Waals surface area contributed by atoms with Crippen molar-refractivity contribution in [3.05, 3.63) is 75.5 Å². The van der Waals surface area contributed by atoms with E-state index in [9.17, 15) is 15.2 Å². The molecule has 2 N–H and O–H groups in total. The van der Waals surface area contributed by atoms with Gasteiger partial charge in [0.2, 0.25) is 0 Å². The molecule has 124 valence electrons. The number of nitro benzene ring substituents is 1. The third-order valence-electron chi connectivity index (χ3n) is 3.53. The van der Waals surface area contributed by atoms with Crippen LogP contribution in [0.15, 0.2) is 59.2 Å². The molecule has 24 heavy (non-hydrogen) atoms. The van der Waals surface area contributed by atoms with Crippen molar-refractivity contribution in [2.75, 3.05) is 6.54 Å². The van der Waals surface area contributed by atoms with Crippen LogP contribution in [0, 0.1) is 10.1 Å². The Hall–Kier alpha value is -2.48. The number of benzene rings is 1. The van der Waals surface area contributed by atoms with E-state index >= 15 is 0 Å². The van der Waals surface area contributed by atoms with Crippen LogP contribution in [0.2, 0.25) is 0 Å². The Labute approximate surface area is 142 Å². The summed E-state index contributed by atoms with van der Waals surface area (Å²) >= 11 is 1.61. The van der Waals surface area contributed by atoms with Gasteiger partial charge in [0.15, 0.2) is 0 Å². The first-order valence-corrected chi connectivity index (χ1v) is 8.21. The van der Waals surface area contributed by atoms with Crippen LogP contribution >= 0.6 is 11.3 Å². The Morgan fingerprint density at radius 2 is 2.00 bits per heavy atom.